The van der Waals surface area contributed by atoms with E-state index < -0.39 is 5.24 Å². The van der Waals surface area contributed by atoms with Crippen LogP contribution in [0.3, 0.4) is 0 Å². The molecule has 2 nitrogen and oxygen atoms in total. The minimum atomic E-state index is -0.585. The monoisotopic (exact) mass is 322 g/mol. The summed E-state index contributed by atoms with van der Waals surface area (Å²) in [5.41, 5.74) is 0. The summed E-state index contributed by atoms with van der Waals surface area (Å²) in [6, 6.07) is 3.48. The van der Waals surface area contributed by atoms with Gasteiger partial charge in [0.15, 0.2) is 0 Å². The Morgan fingerprint density at radius 3 is 2.72 bits per heavy atom. The molecule has 0 radical (unpaired) electrons. The quantitative estimate of drug-likeness (QED) is 0.706. The number of carbonyl (C=O) groups excluding carboxylic acids is 1. The van der Waals surface area contributed by atoms with E-state index in [1.54, 1.807) is 12.1 Å². The van der Waals surface area contributed by atoms with Crippen LogP contribution in [0.25, 0.3) is 10.1 Å². The van der Waals surface area contributed by atoms with E-state index in [0.29, 0.717) is 32.7 Å². The average molecular weight is 324 g/mol. The molecule has 0 atom stereocenters. The van der Waals surface area contributed by atoms with E-state index in [1.165, 1.54) is 11.3 Å². The lowest BCUT2D eigenvalue weighted by atomic mass is 10.2. The summed E-state index contributed by atoms with van der Waals surface area (Å²) in [4.78, 5) is 11.6. The van der Waals surface area contributed by atoms with Crippen molar-refractivity contribution in [1.82, 2.24) is 0 Å². The molecule has 1 heterocycles. The normalized spacial score (nSPS) is 10.9. The number of hydrogen-bond acceptors (Lipinski definition) is 3. The van der Waals surface area contributed by atoms with Gasteiger partial charge in [0.1, 0.15) is 10.6 Å². The third-order valence-corrected chi connectivity index (χ3v) is 4.77. The third-order valence-electron chi connectivity index (χ3n) is 2.33. The summed E-state index contributed by atoms with van der Waals surface area (Å²) in [7, 11) is 0. The fourth-order valence-corrected chi connectivity index (χ4v) is 3.49. The molecule has 0 saturated carbocycles. The van der Waals surface area contributed by atoms with Gasteiger partial charge in [0.25, 0.3) is 5.24 Å². The number of thiophene rings is 1. The molecule has 0 aliphatic carbocycles. The van der Waals surface area contributed by atoms with Gasteiger partial charge in [0, 0.05) is 0 Å². The van der Waals surface area contributed by atoms with Gasteiger partial charge in [0.2, 0.25) is 0 Å². The fourth-order valence-electron chi connectivity index (χ4n) is 1.57. The number of ether oxygens (including phenoxy) is 1. The number of benzene rings is 1. The molecule has 0 aliphatic heterocycles. The van der Waals surface area contributed by atoms with E-state index in [-0.39, 0.29) is 0 Å². The highest BCUT2D eigenvalue weighted by Crippen LogP contribution is 2.44. The predicted octanol–water partition coefficient (Wildman–Crippen LogP) is 5.38. The molecule has 18 heavy (non-hydrogen) atoms. The summed E-state index contributed by atoms with van der Waals surface area (Å²) in [5, 5.41) is 0.916. The van der Waals surface area contributed by atoms with Crippen molar-refractivity contribution in [2.45, 2.75) is 13.3 Å². The van der Waals surface area contributed by atoms with Gasteiger partial charge in [-0.15, -0.1) is 11.3 Å². The van der Waals surface area contributed by atoms with Crippen LogP contribution < -0.4 is 4.74 Å². The Kier molecular flexibility index (Phi) is 4.38. The van der Waals surface area contributed by atoms with Gasteiger partial charge in [-0.3, -0.25) is 4.79 Å². The molecule has 0 amide bonds. The summed E-state index contributed by atoms with van der Waals surface area (Å²) >= 11 is 18.9. The Balaban J connectivity index is 2.67. The second-order valence-corrected chi connectivity index (χ2v) is 5.77. The fraction of sp³-hybridized carbons (Fsp3) is 0.250. The Hall–Kier alpha value is -0.480. The van der Waals surface area contributed by atoms with Crippen LogP contribution in [0.4, 0.5) is 0 Å². The second kappa shape index (κ2) is 5.66. The Bertz CT molecular complexity index is 607. The summed E-state index contributed by atoms with van der Waals surface area (Å²) in [6.07, 6.45) is 0.882. The molecule has 0 saturated heterocycles. The van der Waals surface area contributed by atoms with Gasteiger partial charge in [-0.25, -0.2) is 0 Å². The predicted molar refractivity (Wildman–Crippen MR) is 77.8 cm³/mol. The Morgan fingerprint density at radius 2 is 2.11 bits per heavy atom. The van der Waals surface area contributed by atoms with Gasteiger partial charge in [-0.2, -0.15) is 0 Å². The third kappa shape index (κ3) is 2.45. The molecule has 96 valence electrons. The number of carbonyl (C=O) groups is 1. The smallest absolute Gasteiger partial charge is 0.263 e. The zero-order valence-corrected chi connectivity index (χ0v) is 12.5. The molecular weight excluding hydrogens is 315 g/mol. The van der Waals surface area contributed by atoms with Crippen molar-refractivity contribution >= 4 is 61.5 Å². The highest BCUT2D eigenvalue weighted by molar-refractivity contribution is 7.23. The van der Waals surface area contributed by atoms with Crippen molar-refractivity contribution in [2.75, 3.05) is 6.61 Å². The average Bonchev–Trinajstić information content (AvgIpc) is 2.68. The molecule has 6 heteroatoms. The highest BCUT2D eigenvalue weighted by Gasteiger charge is 2.20. The van der Waals surface area contributed by atoms with Gasteiger partial charge < -0.3 is 4.74 Å². The standard InChI is InChI=1S/C12H9Cl3O2S/c1-2-5-17-7-4-3-6(13)10-8(7)9(14)11(18-10)12(15)16/h3-4H,2,5H2,1H3. The van der Waals surface area contributed by atoms with E-state index in [1.807, 2.05) is 6.92 Å². The first-order chi connectivity index (χ1) is 8.56. The molecule has 0 fully saturated rings. The van der Waals surface area contributed by atoms with Crippen LogP contribution in [-0.2, 0) is 0 Å². The van der Waals surface area contributed by atoms with Crippen molar-refractivity contribution in [3.8, 4) is 5.75 Å². The van der Waals surface area contributed by atoms with Gasteiger partial charge in [0.05, 0.1) is 26.7 Å². The van der Waals surface area contributed by atoms with Crippen LogP contribution in [0.5, 0.6) is 5.75 Å². The Morgan fingerprint density at radius 1 is 1.39 bits per heavy atom. The maximum atomic E-state index is 11.3. The highest BCUT2D eigenvalue weighted by atomic mass is 35.5. The summed E-state index contributed by atoms with van der Waals surface area (Å²) in [5.74, 6) is 0.627. The van der Waals surface area contributed by atoms with E-state index in [9.17, 15) is 4.79 Å². The van der Waals surface area contributed by atoms with Gasteiger partial charge in [-0.05, 0) is 30.2 Å². The number of halogens is 3. The Labute approximate surface area is 123 Å². The van der Waals surface area contributed by atoms with Gasteiger partial charge >= 0.3 is 0 Å². The minimum absolute atomic E-state index is 0.294. The van der Waals surface area contributed by atoms with Crippen LogP contribution >= 0.6 is 46.1 Å². The molecule has 2 rings (SSSR count). The lowest BCUT2D eigenvalue weighted by molar-refractivity contribution is 0.108. The van der Waals surface area contributed by atoms with E-state index in [2.05, 4.69) is 0 Å². The first kappa shape index (κ1) is 13.9. The van der Waals surface area contributed by atoms with Crippen molar-refractivity contribution in [3.63, 3.8) is 0 Å². The molecule has 0 bridgehead atoms. The SMILES string of the molecule is CCCOc1ccc(Cl)c2sc(C(=O)Cl)c(Cl)c12. The number of fused-ring (bicyclic) bond motifs is 1. The summed E-state index contributed by atoms with van der Waals surface area (Å²) in [6.45, 7) is 2.59. The van der Waals surface area contributed by atoms with E-state index in [4.69, 9.17) is 39.5 Å². The molecule has 0 spiro atoms. The maximum absolute atomic E-state index is 11.3. The zero-order chi connectivity index (χ0) is 13.3. The zero-order valence-electron chi connectivity index (χ0n) is 9.43. The molecule has 0 unspecified atom stereocenters. The van der Waals surface area contributed by atoms with Crippen LogP contribution in [0.15, 0.2) is 12.1 Å². The molecule has 2 aromatic rings. The summed E-state index contributed by atoms with van der Waals surface area (Å²) < 4.78 is 6.33. The first-order valence-corrected chi connectivity index (χ1v) is 7.24. The van der Waals surface area contributed by atoms with Crippen molar-refractivity contribution in [3.05, 3.63) is 27.1 Å². The first-order valence-electron chi connectivity index (χ1n) is 5.29. The van der Waals surface area contributed by atoms with Crippen LogP contribution in [0.1, 0.15) is 23.0 Å². The lowest BCUT2D eigenvalue weighted by Gasteiger charge is -2.07. The van der Waals surface area contributed by atoms with E-state index in [0.717, 1.165) is 11.1 Å². The van der Waals surface area contributed by atoms with Crippen molar-refractivity contribution in [2.24, 2.45) is 0 Å². The molecule has 1 aromatic heterocycles. The lowest BCUT2D eigenvalue weighted by Crippen LogP contribution is -1.95. The van der Waals surface area contributed by atoms with Crippen LogP contribution in [0, 0.1) is 0 Å². The van der Waals surface area contributed by atoms with E-state index >= 15 is 0 Å². The number of hydrogen-bond donors (Lipinski definition) is 0. The van der Waals surface area contributed by atoms with Crippen molar-refractivity contribution in [1.29, 1.82) is 0 Å². The molecule has 0 N–H and O–H groups in total. The largest absolute Gasteiger partial charge is 0.493 e. The van der Waals surface area contributed by atoms with Crippen molar-refractivity contribution < 1.29 is 9.53 Å². The topological polar surface area (TPSA) is 26.3 Å². The van der Waals surface area contributed by atoms with Gasteiger partial charge in [-0.1, -0.05) is 30.1 Å². The van der Waals surface area contributed by atoms with Crippen LogP contribution in [0.2, 0.25) is 10.0 Å². The number of rotatable bonds is 4. The van der Waals surface area contributed by atoms with Crippen LogP contribution in [-0.4, -0.2) is 11.8 Å². The molecule has 0 aliphatic rings. The molecule has 1 aromatic carbocycles. The second-order valence-electron chi connectivity index (χ2n) is 3.62. The molecular formula is C12H9Cl3O2S. The minimum Gasteiger partial charge on any atom is -0.493 e. The maximum Gasteiger partial charge on any atom is 0.263 e.